The molecule has 2 N–H and O–H groups in total. The minimum absolute atomic E-state index is 0.0371. The van der Waals surface area contributed by atoms with Crippen LogP contribution in [0.1, 0.15) is 12.0 Å². The molecule has 0 spiro atoms. The van der Waals surface area contributed by atoms with E-state index >= 15 is 0 Å². The summed E-state index contributed by atoms with van der Waals surface area (Å²) in [7, 11) is 0. The summed E-state index contributed by atoms with van der Waals surface area (Å²) in [6, 6.07) is 7.67. The fourth-order valence-electron chi connectivity index (χ4n) is 1.18. The van der Waals surface area contributed by atoms with Crippen LogP contribution in [-0.4, -0.2) is 30.8 Å². The molecule has 1 rings (SSSR count). The highest BCUT2D eigenvalue weighted by atomic mass is 16.5. The maximum atomic E-state index is 11.1. The highest BCUT2D eigenvalue weighted by Gasteiger charge is 2.00. The summed E-state index contributed by atoms with van der Waals surface area (Å²) in [6.45, 7) is 2.61. The Balaban J connectivity index is 2.20. The Kier molecular flexibility index (Phi) is 5.36. The third kappa shape index (κ3) is 4.79. The fourth-order valence-corrected chi connectivity index (χ4v) is 1.18. The van der Waals surface area contributed by atoms with Gasteiger partial charge >= 0.3 is 0 Å². The van der Waals surface area contributed by atoms with Crippen molar-refractivity contribution in [1.29, 1.82) is 0 Å². The second kappa shape index (κ2) is 6.85. The average molecular weight is 223 g/mol. The number of carbonyl (C=O) groups is 1. The van der Waals surface area contributed by atoms with Gasteiger partial charge in [0, 0.05) is 6.54 Å². The molecule has 1 aromatic rings. The highest BCUT2D eigenvalue weighted by molar-refractivity contribution is 5.75. The Morgan fingerprint density at radius 2 is 2.06 bits per heavy atom. The summed E-state index contributed by atoms with van der Waals surface area (Å²) < 4.78 is 5.39. The summed E-state index contributed by atoms with van der Waals surface area (Å²) in [4.78, 5) is 11.1. The molecule has 0 saturated heterocycles. The van der Waals surface area contributed by atoms with E-state index in [9.17, 15) is 4.79 Å². The molecule has 1 amide bonds. The van der Waals surface area contributed by atoms with E-state index in [1.165, 1.54) is 5.56 Å². The number of benzene rings is 1. The molecule has 4 nitrogen and oxygen atoms in total. The number of carbonyl (C=O) groups excluding carboxylic acids is 1. The lowest BCUT2D eigenvalue weighted by molar-refractivity contribution is -0.121. The zero-order valence-electron chi connectivity index (χ0n) is 9.40. The van der Waals surface area contributed by atoms with Crippen molar-refractivity contribution >= 4 is 5.91 Å². The van der Waals surface area contributed by atoms with Crippen LogP contribution in [0.3, 0.4) is 0 Å². The van der Waals surface area contributed by atoms with Crippen molar-refractivity contribution < 1.29 is 14.6 Å². The number of hydrogen-bond donors (Lipinski definition) is 2. The second-order valence-corrected chi connectivity index (χ2v) is 3.49. The molecule has 0 bridgehead atoms. The molecular weight excluding hydrogens is 206 g/mol. The lowest BCUT2D eigenvalue weighted by Crippen LogP contribution is -2.27. The fraction of sp³-hybridized carbons (Fsp3) is 0.417. The van der Waals surface area contributed by atoms with Crippen LogP contribution in [0.2, 0.25) is 0 Å². The van der Waals surface area contributed by atoms with Crippen LogP contribution in [0.5, 0.6) is 5.75 Å². The molecule has 0 unspecified atom stereocenters. The quantitative estimate of drug-likeness (QED) is 0.752. The minimum atomic E-state index is -0.110. The molecule has 0 atom stereocenters. The first-order valence-corrected chi connectivity index (χ1v) is 5.29. The van der Waals surface area contributed by atoms with Crippen molar-refractivity contribution in [3.8, 4) is 5.75 Å². The van der Waals surface area contributed by atoms with Gasteiger partial charge in [0.2, 0.25) is 5.91 Å². The normalized spacial score (nSPS) is 9.88. The van der Waals surface area contributed by atoms with E-state index in [0.717, 1.165) is 5.75 Å². The predicted octanol–water partition coefficient (Wildman–Crippen LogP) is 0.872. The average Bonchev–Trinajstić information content (AvgIpc) is 2.29. The molecule has 4 heteroatoms. The maximum absolute atomic E-state index is 11.1. The standard InChI is InChI=1S/C12H17NO3/c1-10-2-4-11(5-3-10)16-9-6-12(15)13-7-8-14/h2-5,14H,6-9H2,1H3,(H,13,15). The molecule has 0 aliphatic rings. The Morgan fingerprint density at radius 3 is 2.69 bits per heavy atom. The van der Waals surface area contributed by atoms with Gasteiger partial charge in [0.25, 0.3) is 0 Å². The van der Waals surface area contributed by atoms with Crippen molar-refractivity contribution in [3.63, 3.8) is 0 Å². The summed E-state index contributed by atoms with van der Waals surface area (Å²) in [5, 5.41) is 11.1. The van der Waals surface area contributed by atoms with Crippen LogP contribution in [0.4, 0.5) is 0 Å². The Bertz CT molecular complexity index is 322. The third-order valence-electron chi connectivity index (χ3n) is 2.05. The van der Waals surface area contributed by atoms with Gasteiger partial charge in [-0.1, -0.05) is 17.7 Å². The summed E-state index contributed by atoms with van der Waals surface area (Å²) >= 11 is 0. The third-order valence-corrected chi connectivity index (χ3v) is 2.05. The van der Waals surface area contributed by atoms with Crippen molar-refractivity contribution in [3.05, 3.63) is 29.8 Å². The molecule has 0 saturated carbocycles. The van der Waals surface area contributed by atoms with Crippen LogP contribution >= 0.6 is 0 Å². The van der Waals surface area contributed by atoms with Gasteiger partial charge in [0.05, 0.1) is 19.6 Å². The Hall–Kier alpha value is -1.55. The van der Waals surface area contributed by atoms with E-state index in [-0.39, 0.29) is 12.5 Å². The number of aliphatic hydroxyl groups excluding tert-OH is 1. The first-order valence-electron chi connectivity index (χ1n) is 5.29. The smallest absolute Gasteiger partial charge is 0.223 e. The summed E-state index contributed by atoms with van der Waals surface area (Å²) in [5.41, 5.74) is 1.17. The van der Waals surface area contributed by atoms with E-state index in [2.05, 4.69) is 5.32 Å². The van der Waals surface area contributed by atoms with E-state index < -0.39 is 0 Å². The van der Waals surface area contributed by atoms with E-state index in [4.69, 9.17) is 9.84 Å². The minimum Gasteiger partial charge on any atom is -0.493 e. The van der Waals surface area contributed by atoms with Crippen molar-refractivity contribution in [1.82, 2.24) is 5.32 Å². The van der Waals surface area contributed by atoms with Crippen molar-refractivity contribution in [2.24, 2.45) is 0 Å². The monoisotopic (exact) mass is 223 g/mol. The van der Waals surface area contributed by atoms with Gasteiger partial charge in [-0.3, -0.25) is 4.79 Å². The number of amides is 1. The Labute approximate surface area is 95.2 Å². The number of ether oxygens (including phenoxy) is 1. The van der Waals surface area contributed by atoms with Crippen LogP contribution in [0.15, 0.2) is 24.3 Å². The zero-order chi connectivity index (χ0) is 11.8. The van der Waals surface area contributed by atoms with Gasteiger partial charge in [-0.2, -0.15) is 0 Å². The first kappa shape index (κ1) is 12.5. The van der Waals surface area contributed by atoms with Gasteiger partial charge in [0.15, 0.2) is 0 Å². The lowest BCUT2D eigenvalue weighted by Gasteiger charge is -2.06. The van der Waals surface area contributed by atoms with E-state index in [1.54, 1.807) is 0 Å². The molecular formula is C12H17NO3. The van der Waals surface area contributed by atoms with E-state index in [0.29, 0.717) is 19.6 Å². The van der Waals surface area contributed by atoms with Crippen molar-refractivity contribution in [2.45, 2.75) is 13.3 Å². The number of rotatable bonds is 6. The number of aliphatic hydroxyl groups is 1. The number of aryl methyl sites for hydroxylation is 1. The molecule has 16 heavy (non-hydrogen) atoms. The highest BCUT2D eigenvalue weighted by Crippen LogP contribution is 2.11. The molecule has 0 heterocycles. The summed E-state index contributed by atoms with van der Waals surface area (Å²) in [5.74, 6) is 0.654. The van der Waals surface area contributed by atoms with Crippen LogP contribution < -0.4 is 10.1 Å². The van der Waals surface area contributed by atoms with Crippen molar-refractivity contribution in [2.75, 3.05) is 19.8 Å². The van der Waals surface area contributed by atoms with Gasteiger partial charge in [-0.25, -0.2) is 0 Å². The zero-order valence-corrected chi connectivity index (χ0v) is 9.40. The molecule has 0 aliphatic heterocycles. The maximum Gasteiger partial charge on any atom is 0.223 e. The van der Waals surface area contributed by atoms with Gasteiger partial charge in [-0.15, -0.1) is 0 Å². The van der Waals surface area contributed by atoms with Gasteiger partial charge in [-0.05, 0) is 19.1 Å². The molecule has 0 fully saturated rings. The molecule has 0 aromatic heterocycles. The molecule has 1 aromatic carbocycles. The number of nitrogens with one attached hydrogen (secondary N) is 1. The predicted molar refractivity (Wildman–Crippen MR) is 61.4 cm³/mol. The Morgan fingerprint density at radius 1 is 1.38 bits per heavy atom. The molecule has 0 aliphatic carbocycles. The molecule has 88 valence electrons. The molecule has 0 radical (unpaired) electrons. The van der Waals surface area contributed by atoms with E-state index in [1.807, 2.05) is 31.2 Å². The first-order chi connectivity index (χ1) is 7.72. The van der Waals surface area contributed by atoms with Gasteiger partial charge < -0.3 is 15.2 Å². The second-order valence-electron chi connectivity index (χ2n) is 3.49. The largest absolute Gasteiger partial charge is 0.493 e. The summed E-state index contributed by atoms with van der Waals surface area (Å²) in [6.07, 6.45) is 0.299. The lowest BCUT2D eigenvalue weighted by atomic mass is 10.2. The topological polar surface area (TPSA) is 58.6 Å². The SMILES string of the molecule is Cc1ccc(OCCC(=O)NCCO)cc1. The van der Waals surface area contributed by atoms with Crippen LogP contribution in [-0.2, 0) is 4.79 Å². The van der Waals surface area contributed by atoms with Crippen LogP contribution in [0.25, 0.3) is 0 Å². The van der Waals surface area contributed by atoms with Crippen LogP contribution in [0, 0.1) is 6.92 Å². The van der Waals surface area contributed by atoms with Gasteiger partial charge in [0.1, 0.15) is 5.75 Å². The number of hydrogen-bond acceptors (Lipinski definition) is 3.